The Balaban J connectivity index is 1.65. The van der Waals surface area contributed by atoms with Crippen molar-refractivity contribution in [3.05, 3.63) is 90.3 Å². The molecule has 1 amide bonds. The fourth-order valence-corrected chi connectivity index (χ4v) is 2.54. The molecule has 1 atom stereocenters. The lowest BCUT2D eigenvalue weighted by Crippen LogP contribution is -2.22. The van der Waals surface area contributed by atoms with Crippen LogP contribution in [0.25, 0.3) is 0 Å². The molecule has 0 saturated carbocycles. The first kappa shape index (κ1) is 17.6. The summed E-state index contributed by atoms with van der Waals surface area (Å²) in [5.74, 6) is 0.434. The van der Waals surface area contributed by atoms with Crippen LogP contribution in [0.15, 0.2) is 79.1 Å². The molecule has 1 N–H and O–H groups in total. The van der Waals surface area contributed by atoms with Gasteiger partial charge < -0.3 is 14.8 Å². The van der Waals surface area contributed by atoms with E-state index in [9.17, 15) is 4.79 Å². The Labute approximate surface area is 152 Å². The lowest BCUT2D eigenvalue weighted by atomic mass is 10.1. The second-order valence-corrected chi connectivity index (χ2v) is 5.69. The van der Waals surface area contributed by atoms with Crippen molar-refractivity contribution in [2.24, 2.45) is 0 Å². The lowest BCUT2D eigenvalue weighted by Gasteiger charge is -2.16. The molecule has 0 aliphatic heterocycles. The van der Waals surface area contributed by atoms with Crippen LogP contribution in [0.3, 0.4) is 0 Å². The number of anilines is 1. The third-order valence-electron chi connectivity index (χ3n) is 3.81. The SMILES string of the molecule is COC(C(=O)Nc1cccc(OCc2cccnc2)c1)c1ccccc1. The van der Waals surface area contributed by atoms with Gasteiger partial charge in [-0.15, -0.1) is 0 Å². The smallest absolute Gasteiger partial charge is 0.258 e. The van der Waals surface area contributed by atoms with Crippen molar-refractivity contribution in [1.29, 1.82) is 0 Å². The predicted octanol–water partition coefficient (Wildman–Crippen LogP) is 3.99. The quantitative estimate of drug-likeness (QED) is 0.701. The van der Waals surface area contributed by atoms with Crippen molar-refractivity contribution in [2.75, 3.05) is 12.4 Å². The van der Waals surface area contributed by atoms with E-state index in [4.69, 9.17) is 9.47 Å². The maximum Gasteiger partial charge on any atom is 0.258 e. The minimum absolute atomic E-state index is 0.233. The molecule has 1 aromatic heterocycles. The van der Waals surface area contributed by atoms with Gasteiger partial charge in [-0.05, 0) is 23.8 Å². The summed E-state index contributed by atoms with van der Waals surface area (Å²) in [5.41, 5.74) is 2.43. The molecule has 3 aromatic rings. The van der Waals surface area contributed by atoms with Gasteiger partial charge in [-0.25, -0.2) is 0 Å². The average Bonchev–Trinajstić information content (AvgIpc) is 2.69. The molecule has 0 aliphatic rings. The van der Waals surface area contributed by atoms with Crippen LogP contribution >= 0.6 is 0 Å². The van der Waals surface area contributed by atoms with Gasteiger partial charge in [0, 0.05) is 36.8 Å². The third kappa shape index (κ3) is 4.68. The first-order valence-corrected chi connectivity index (χ1v) is 8.26. The summed E-state index contributed by atoms with van der Waals surface area (Å²) >= 11 is 0. The zero-order chi connectivity index (χ0) is 18.2. The summed E-state index contributed by atoms with van der Waals surface area (Å²) in [6, 6.07) is 20.5. The van der Waals surface area contributed by atoms with E-state index in [1.165, 1.54) is 7.11 Å². The third-order valence-corrected chi connectivity index (χ3v) is 3.81. The highest BCUT2D eigenvalue weighted by Gasteiger charge is 2.19. The Hall–Kier alpha value is -3.18. The molecule has 26 heavy (non-hydrogen) atoms. The fraction of sp³-hybridized carbons (Fsp3) is 0.143. The molecular formula is C21H20N2O3. The number of pyridine rings is 1. The fourth-order valence-electron chi connectivity index (χ4n) is 2.54. The number of hydrogen-bond donors (Lipinski definition) is 1. The standard InChI is InChI=1S/C21H20N2O3/c1-25-20(17-8-3-2-4-9-17)21(24)23-18-10-5-11-19(13-18)26-15-16-7-6-12-22-14-16/h2-14,20H,15H2,1H3,(H,23,24). The molecule has 0 bridgehead atoms. The van der Waals surface area contributed by atoms with E-state index in [-0.39, 0.29) is 5.91 Å². The topological polar surface area (TPSA) is 60.5 Å². The summed E-state index contributed by atoms with van der Waals surface area (Å²) in [7, 11) is 1.52. The number of nitrogens with one attached hydrogen (secondary N) is 1. The zero-order valence-electron chi connectivity index (χ0n) is 14.5. The molecule has 0 spiro atoms. The Morgan fingerprint density at radius 2 is 1.92 bits per heavy atom. The van der Waals surface area contributed by atoms with Crippen molar-refractivity contribution in [1.82, 2.24) is 4.98 Å². The zero-order valence-corrected chi connectivity index (χ0v) is 14.5. The molecule has 2 aromatic carbocycles. The monoisotopic (exact) mass is 348 g/mol. The van der Waals surface area contributed by atoms with Crippen molar-refractivity contribution >= 4 is 11.6 Å². The molecule has 0 radical (unpaired) electrons. The second kappa shape index (κ2) is 8.78. The van der Waals surface area contributed by atoms with Gasteiger partial charge in [-0.3, -0.25) is 9.78 Å². The van der Waals surface area contributed by atoms with E-state index in [0.29, 0.717) is 18.0 Å². The van der Waals surface area contributed by atoms with Crippen molar-refractivity contribution in [2.45, 2.75) is 12.7 Å². The number of hydrogen-bond acceptors (Lipinski definition) is 4. The van der Waals surface area contributed by atoms with Gasteiger partial charge in [0.2, 0.25) is 0 Å². The minimum atomic E-state index is -0.670. The van der Waals surface area contributed by atoms with E-state index in [0.717, 1.165) is 11.1 Å². The number of amides is 1. The van der Waals surface area contributed by atoms with Gasteiger partial charge in [-0.1, -0.05) is 42.5 Å². The molecule has 0 aliphatic carbocycles. The van der Waals surface area contributed by atoms with Crippen LogP contribution in [0, 0.1) is 0 Å². The highest BCUT2D eigenvalue weighted by atomic mass is 16.5. The number of carbonyl (C=O) groups is 1. The van der Waals surface area contributed by atoms with E-state index < -0.39 is 6.10 Å². The molecule has 3 rings (SSSR count). The number of methoxy groups -OCH3 is 1. The molecule has 132 valence electrons. The highest BCUT2D eigenvalue weighted by Crippen LogP contribution is 2.22. The number of benzene rings is 2. The minimum Gasteiger partial charge on any atom is -0.489 e. The van der Waals surface area contributed by atoms with Crippen LogP contribution in [0.5, 0.6) is 5.75 Å². The van der Waals surface area contributed by atoms with Gasteiger partial charge >= 0.3 is 0 Å². The number of nitrogens with zero attached hydrogens (tertiary/aromatic N) is 1. The maximum absolute atomic E-state index is 12.5. The Morgan fingerprint density at radius 1 is 1.08 bits per heavy atom. The second-order valence-electron chi connectivity index (χ2n) is 5.69. The molecule has 5 heteroatoms. The average molecular weight is 348 g/mol. The normalized spacial score (nSPS) is 11.6. The summed E-state index contributed by atoms with van der Waals surface area (Å²) in [6.07, 6.45) is 2.81. The molecule has 5 nitrogen and oxygen atoms in total. The van der Waals surface area contributed by atoms with E-state index in [1.54, 1.807) is 18.5 Å². The van der Waals surface area contributed by atoms with Gasteiger partial charge in [0.1, 0.15) is 12.4 Å². The maximum atomic E-state index is 12.5. The number of aromatic nitrogens is 1. The van der Waals surface area contributed by atoms with Gasteiger partial charge in [0.05, 0.1) is 0 Å². The molecule has 0 fully saturated rings. The van der Waals surface area contributed by atoms with Crippen LogP contribution in [0.4, 0.5) is 5.69 Å². The molecule has 0 saturated heterocycles. The first-order valence-electron chi connectivity index (χ1n) is 8.26. The summed E-state index contributed by atoms with van der Waals surface area (Å²) in [5, 5.41) is 2.87. The van der Waals surface area contributed by atoms with Crippen molar-refractivity contribution in [3.63, 3.8) is 0 Å². The number of rotatable bonds is 7. The molecule has 1 unspecified atom stereocenters. The Kier molecular flexibility index (Phi) is 5.96. The predicted molar refractivity (Wildman–Crippen MR) is 99.8 cm³/mol. The highest BCUT2D eigenvalue weighted by molar-refractivity contribution is 5.95. The van der Waals surface area contributed by atoms with Crippen LogP contribution in [-0.4, -0.2) is 18.0 Å². The van der Waals surface area contributed by atoms with Crippen molar-refractivity contribution < 1.29 is 14.3 Å². The Morgan fingerprint density at radius 3 is 2.65 bits per heavy atom. The van der Waals surface area contributed by atoms with Gasteiger partial charge in [0.15, 0.2) is 6.10 Å². The summed E-state index contributed by atoms with van der Waals surface area (Å²) < 4.78 is 11.1. The van der Waals surface area contributed by atoms with E-state index in [1.807, 2.05) is 60.7 Å². The number of carbonyl (C=O) groups excluding carboxylic acids is 1. The lowest BCUT2D eigenvalue weighted by molar-refractivity contribution is -0.126. The molecule has 1 heterocycles. The number of ether oxygens (including phenoxy) is 2. The first-order chi connectivity index (χ1) is 12.8. The van der Waals surface area contributed by atoms with Crippen LogP contribution in [-0.2, 0) is 16.1 Å². The largest absolute Gasteiger partial charge is 0.489 e. The van der Waals surface area contributed by atoms with Gasteiger partial charge in [0.25, 0.3) is 5.91 Å². The van der Waals surface area contributed by atoms with Gasteiger partial charge in [-0.2, -0.15) is 0 Å². The van der Waals surface area contributed by atoms with Crippen LogP contribution in [0.2, 0.25) is 0 Å². The van der Waals surface area contributed by atoms with Crippen LogP contribution in [0.1, 0.15) is 17.2 Å². The van der Waals surface area contributed by atoms with E-state index >= 15 is 0 Å². The summed E-state index contributed by atoms with van der Waals surface area (Å²) in [4.78, 5) is 16.6. The molecular weight excluding hydrogens is 328 g/mol. The van der Waals surface area contributed by atoms with Crippen LogP contribution < -0.4 is 10.1 Å². The van der Waals surface area contributed by atoms with E-state index in [2.05, 4.69) is 10.3 Å². The Bertz CT molecular complexity index is 838. The summed E-state index contributed by atoms with van der Waals surface area (Å²) in [6.45, 7) is 0.413. The van der Waals surface area contributed by atoms with Crippen molar-refractivity contribution in [3.8, 4) is 5.75 Å².